The van der Waals surface area contributed by atoms with Crippen LogP contribution in [0.4, 0.5) is 4.39 Å². The smallest absolute Gasteiger partial charge is 0.129 e. The van der Waals surface area contributed by atoms with Crippen molar-refractivity contribution in [2.45, 2.75) is 13.0 Å². The van der Waals surface area contributed by atoms with Crippen molar-refractivity contribution >= 4 is 11.6 Å². The highest BCUT2D eigenvalue weighted by Crippen LogP contribution is 2.29. The standard InChI is InChI=1S/C12H12ClFN2O/c1-7-3-4-8(10(14)5-7)12(17)11-9(13)6-15-16(11)2/h3-6,12,17H,1-2H3. The number of aromatic nitrogens is 2. The first-order chi connectivity index (χ1) is 8.00. The fourth-order valence-electron chi connectivity index (χ4n) is 1.73. The second-order valence-corrected chi connectivity index (χ2v) is 4.34. The van der Waals surface area contributed by atoms with Crippen molar-refractivity contribution in [2.75, 3.05) is 0 Å². The van der Waals surface area contributed by atoms with Gasteiger partial charge in [-0.2, -0.15) is 5.10 Å². The molecule has 0 bridgehead atoms. The molecule has 0 spiro atoms. The summed E-state index contributed by atoms with van der Waals surface area (Å²) in [4.78, 5) is 0. The van der Waals surface area contributed by atoms with Gasteiger partial charge in [0.1, 0.15) is 11.9 Å². The minimum absolute atomic E-state index is 0.195. The molecule has 1 atom stereocenters. The average molecular weight is 255 g/mol. The summed E-state index contributed by atoms with van der Waals surface area (Å²) in [6.07, 6.45) is 0.308. The zero-order chi connectivity index (χ0) is 12.6. The summed E-state index contributed by atoms with van der Waals surface area (Å²) in [5, 5.41) is 14.4. The molecule has 0 aliphatic carbocycles. The fraction of sp³-hybridized carbons (Fsp3) is 0.250. The molecule has 1 aromatic carbocycles. The van der Waals surface area contributed by atoms with Crippen molar-refractivity contribution in [2.24, 2.45) is 7.05 Å². The van der Waals surface area contributed by atoms with E-state index >= 15 is 0 Å². The van der Waals surface area contributed by atoms with E-state index in [1.807, 2.05) is 0 Å². The Morgan fingerprint density at radius 2 is 2.18 bits per heavy atom. The Hall–Kier alpha value is -1.39. The number of halogens is 2. The molecule has 0 amide bonds. The van der Waals surface area contributed by atoms with Crippen LogP contribution < -0.4 is 0 Å². The molecule has 17 heavy (non-hydrogen) atoms. The lowest BCUT2D eigenvalue weighted by Gasteiger charge is -2.13. The Balaban J connectivity index is 2.47. The highest BCUT2D eigenvalue weighted by atomic mass is 35.5. The molecule has 90 valence electrons. The van der Waals surface area contributed by atoms with E-state index in [2.05, 4.69) is 5.10 Å². The lowest BCUT2D eigenvalue weighted by molar-refractivity contribution is 0.204. The topological polar surface area (TPSA) is 38.1 Å². The molecule has 0 saturated carbocycles. The van der Waals surface area contributed by atoms with E-state index in [1.54, 1.807) is 26.1 Å². The fourth-order valence-corrected chi connectivity index (χ4v) is 2.00. The highest BCUT2D eigenvalue weighted by Gasteiger charge is 2.21. The molecule has 5 heteroatoms. The normalized spacial score (nSPS) is 12.8. The minimum atomic E-state index is -1.12. The van der Waals surface area contributed by atoms with Gasteiger partial charge in [-0.3, -0.25) is 4.68 Å². The summed E-state index contributed by atoms with van der Waals surface area (Å²) in [5.74, 6) is -0.449. The van der Waals surface area contributed by atoms with Crippen molar-refractivity contribution in [3.63, 3.8) is 0 Å². The van der Waals surface area contributed by atoms with Crippen molar-refractivity contribution in [1.29, 1.82) is 0 Å². The summed E-state index contributed by atoms with van der Waals surface area (Å²) in [6, 6.07) is 4.67. The number of rotatable bonds is 2. The van der Waals surface area contributed by atoms with Crippen LogP contribution in [0.3, 0.4) is 0 Å². The van der Waals surface area contributed by atoms with Crippen LogP contribution in [0.2, 0.25) is 5.02 Å². The molecule has 1 heterocycles. The van der Waals surface area contributed by atoms with Crippen LogP contribution in [0, 0.1) is 12.7 Å². The summed E-state index contributed by atoms with van der Waals surface area (Å²) >= 11 is 5.91. The van der Waals surface area contributed by atoms with Crippen LogP contribution >= 0.6 is 11.6 Å². The third-order valence-corrected chi connectivity index (χ3v) is 2.94. The zero-order valence-electron chi connectivity index (χ0n) is 9.48. The van der Waals surface area contributed by atoms with Gasteiger partial charge in [0, 0.05) is 12.6 Å². The van der Waals surface area contributed by atoms with E-state index < -0.39 is 11.9 Å². The molecule has 0 radical (unpaired) electrons. The van der Waals surface area contributed by atoms with Gasteiger partial charge in [0.2, 0.25) is 0 Å². The zero-order valence-corrected chi connectivity index (χ0v) is 10.2. The monoisotopic (exact) mass is 254 g/mol. The quantitative estimate of drug-likeness (QED) is 0.895. The summed E-state index contributed by atoms with van der Waals surface area (Å²) in [7, 11) is 1.65. The first-order valence-electron chi connectivity index (χ1n) is 5.12. The van der Waals surface area contributed by atoms with E-state index in [0.717, 1.165) is 5.56 Å². The van der Waals surface area contributed by atoms with Crippen molar-refractivity contribution in [3.8, 4) is 0 Å². The maximum atomic E-state index is 13.7. The van der Waals surface area contributed by atoms with Gasteiger partial charge >= 0.3 is 0 Å². The molecule has 2 rings (SSSR count). The van der Waals surface area contributed by atoms with Crippen LogP contribution in [0.5, 0.6) is 0 Å². The van der Waals surface area contributed by atoms with Gasteiger partial charge in [-0.25, -0.2) is 4.39 Å². The average Bonchev–Trinajstić information content (AvgIpc) is 2.58. The van der Waals surface area contributed by atoms with Crippen molar-refractivity contribution in [3.05, 3.63) is 52.1 Å². The van der Waals surface area contributed by atoms with Crippen LogP contribution in [-0.2, 0) is 7.05 Å². The Labute approximate surface area is 103 Å². The Bertz CT molecular complexity index is 534. The van der Waals surface area contributed by atoms with E-state index in [-0.39, 0.29) is 5.56 Å². The molecular weight excluding hydrogens is 243 g/mol. The van der Waals surface area contributed by atoms with E-state index in [4.69, 9.17) is 11.6 Å². The summed E-state index contributed by atoms with van der Waals surface area (Å²) in [6.45, 7) is 1.79. The Morgan fingerprint density at radius 3 is 2.71 bits per heavy atom. The van der Waals surface area contributed by atoms with Gasteiger partial charge in [-0.15, -0.1) is 0 Å². The molecule has 2 aromatic rings. The predicted molar refractivity (Wildman–Crippen MR) is 63.4 cm³/mol. The van der Waals surface area contributed by atoms with E-state index in [0.29, 0.717) is 10.7 Å². The Kier molecular flexibility index (Phi) is 3.17. The highest BCUT2D eigenvalue weighted by molar-refractivity contribution is 6.31. The number of nitrogens with zero attached hydrogens (tertiary/aromatic N) is 2. The van der Waals surface area contributed by atoms with Gasteiger partial charge in [-0.05, 0) is 18.6 Å². The van der Waals surface area contributed by atoms with Crippen LogP contribution in [0.15, 0.2) is 24.4 Å². The molecule has 0 fully saturated rings. The van der Waals surface area contributed by atoms with E-state index in [9.17, 15) is 9.50 Å². The van der Waals surface area contributed by atoms with Crippen LogP contribution in [0.25, 0.3) is 0 Å². The van der Waals surface area contributed by atoms with E-state index in [1.165, 1.54) is 16.9 Å². The maximum absolute atomic E-state index is 13.7. The summed E-state index contributed by atoms with van der Waals surface area (Å²) < 4.78 is 15.2. The maximum Gasteiger partial charge on any atom is 0.129 e. The first-order valence-corrected chi connectivity index (χ1v) is 5.50. The number of aliphatic hydroxyl groups excluding tert-OH is 1. The summed E-state index contributed by atoms with van der Waals surface area (Å²) in [5.41, 5.74) is 1.38. The molecule has 0 aliphatic heterocycles. The molecule has 1 N–H and O–H groups in total. The molecular formula is C12H12ClFN2O. The minimum Gasteiger partial charge on any atom is -0.382 e. The largest absolute Gasteiger partial charge is 0.382 e. The van der Waals surface area contributed by atoms with Gasteiger partial charge in [0.15, 0.2) is 0 Å². The van der Waals surface area contributed by atoms with Crippen molar-refractivity contribution in [1.82, 2.24) is 9.78 Å². The van der Waals surface area contributed by atoms with Gasteiger partial charge in [0.25, 0.3) is 0 Å². The lowest BCUT2D eigenvalue weighted by Crippen LogP contribution is -2.09. The Morgan fingerprint density at radius 1 is 1.47 bits per heavy atom. The number of hydrogen-bond donors (Lipinski definition) is 1. The van der Waals surface area contributed by atoms with Crippen molar-refractivity contribution < 1.29 is 9.50 Å². The second-order valence-electron chi connectivity index (χ2n) is 3.93. The second kappa shape index (κ2) is 4.47. The molecule has 1 unspecified atom stereocenters. The number of benzene rings is 1. The predicted octanol–water partition coefficient (Wildman–Crippen LogP) is 2.60. The number of aryl methyl sites for hydroxylation is 2. The molecule has 0 aliphatic rings. The lowest BCUT2D eigenvalue weighted by atomic mass is 10.0. The van der Waals surface area contributed by atoms with Gasteiger partial charge < -0.3 is 5.11 Å². The first kappa shape index (κ1) is 12.1. The van der Waals surface area contributed by atoms with Gasteiger partial charge in [0.05, 0.1) is 16.9 Å². The SMILES string of the molecule is Cc1ccc(C(O)c2c(Cl)cnn2C)c(F)c1. The molecule has 0 saturated heterocycles. The third kappa shape index (κ3) is 2.18. The molecule has 1 aromatic heterocycles. The molecule has 3 nitrogen and oxygen atoms in total. The third-order valence-electron chi connectivity index (χ3n) is 2.65. The number of aliphatic hydroxyl groups is 1. The van der Waals surface area contributed by atoms with Gasteiger partial charge in [-0.1, -0.05) is 23.7 Å². The number of hydrogen-bond acceptors (Lipinski definition) is 2. The van der Waals surface area contributed by atoms with Crippen LogP contribution in [0.1, 0.15) is 22.9 Å². The van der Waals surface area contributed by atoms with Crippen LogP contribution in [-0.4, -0.2) is 14.9 Å².